The zero-order valence-electron chi connectivity index (χ0n) is 13.7. The molecule has 0 bridgehead atoms. The van der Waals surface area contributed by atoms with Crippen LogP contribution >= 0.6 is 11.6 Å². The van der Waals surface area contributed by atoms with Gasteiger partial charge in [-0.3, -0.25) is 9.20 Å². The molecule has 0 spiro atoms. The Morgan fingerprint density at radius 1 is 1.20 bits per heavy atom. The zero-order valence-corrected chi connectivity index (χ0v) is 14.4. The molecular weight excluding hydrogens is 334 g/mol. The molecule has 0 N–H and O–H groups in total. The molecule has 1 amide bonds. The summed E-state index contributed by atoms with van der Waals surface area (Å²) in [7, 11) is 0. The molecule has 0 unspecified atom stereocenters. The predicted octanol–water partition coefficient (Wildman–Crippen LogP) is 4.19. The van der Waals surface area contributed by atoms with Crippen molar-refractivity contribution >= 4 is 29.2 Å². The van der Waals surface area contributed by atoms with Crippen LogP contribution in [0.2, 0.25) is 5.15 Å². The fourth-order valence-electron chi connectivity index (χ4n) is 2.93. The molecule has 3 aromatic rings. The van der Waals surface area contributed by atoms with Crippen molar-refractivity contribution in [1.82, 2.24) is 14.3 Å². The molecule has 126 valence electrons. The average Bonchev–Trinajstić information content (AvgIpc) is 3.42. The number of carbonyl (C=O) groups excluding carboxylic acids is 1. The molecule has 4 rings (SSSR count). The lowest BCUT2D eigenvalue weighted by Crippen LogP contribution is -2.31. The van der Waals surface area contributed by atoms with Crippen molar-refractivity contribution in [3.8, 4) is 0 Å². The van der Waals surface area contributed by atoms with Crippen LogP contribution in [0.15, 0.2) is 60.8 Å². The van der Waals surface area contributed by atoms with Crippen molar-refractivity contribution in [1.29, 1.82) is 0 Å². The minimum absolute atomic E-state index is 0.00769. The number of hydrogen-bond acceptors (Lipinski definition) is 2. The summed E-state index contributed by atoms with van der Waals surface area (Å²) in [5.74, 6) is 0.00769. The van der Waals surface area contributed by atoms with Gasteiger partial charge in [0.25, 0.3) is 0 Å². The second-order valence-electron chi connectivity index (χ2n) is 6.23. The van der Waals surface area contributed by atoms with Gasteiger partial charge in [-0.05, 0) is 36.6 Å². The summed E-state index contributed by atoms with van der Waals surface area (Å²) in [6.45, 7) is 0.634. The van der Waals surface area contributed by atoms with Crippen LogP contribution in [0.5, 0.6) is 0 Å². The molecule has 2 aromatic heterocycles. The Labute approximate surface area is 151 Å². The first-order valence-electron chi connectivity index (χ1n) is 8.37. The maximum Gasteiger partial charge on any atom is 0.247 e. The molecule has 0 aliphatic heterocycles. The number of benzene rings is 1. The van der Waals surface area contributed by atoms with E-state index in [1.807, 2.05) is 64.0 Å². The highest BCUT2D eigenvalue weighted by Crippen LogP contribution is 2.29. The van der Waals surface area contributed by atoms with E-state index in [4.69, 9.17) is 11.6 Å². The second kappa shape index (κ2) is 6.73. The van der Waals surface area contributed by atoms with Gasteiger partial charge in [0.15, 0.2) is 5.15 Å². The second-order valence-corrected chi connectivity index (χ2v) is 6.59. The number of rotatable bonds is 5. The van der Waals surface area contributed by atoms with Crippen LogP contribution in [-0.2, 0) is 11.3 Å². The Kier molecular flexibility index (Phi) is 4.28. The zero-order chi connectivity index (χ0) is 17.2. The Hall–Kier alpha value is -2.59. The third-order valence-corrected chi connectivity index (χ3v) is 4.65. The van der Waals surface area contributed by atoms with Crippen LogP contribution in [0.25, 0.3) is 11.7 Å². The number of pyridine rings is 1. The van der Waals surface area contributed by atoms with Crippen LogP contribution < -0.4 is 0 Å². The molecule has 4 nitrogen and oxygen atoms in total. The smallest absolute Gasteiger partial charge is 0.247 e. The number of fused-ring (bicyclic) bond motifs is 1. The highest BCUT2D eigenvalue weighted by Gasteiger charge is 2.31. The SMILES string of the molecule is O=C(/C=C/c1c(Cl)nc2ccccn12)N(Cc1ccccc1)C1CC1. The van der Waals surface area contributed by atoms with Gasteiger partial charge in [0.05, 0.1) is 5.69 Å². The van der Waals surface area contributed by atoms with Gasteiger partial charge < -0.3 is 4.90 Å². The topological polar surface area (TPSA) is 37.6 Å². The number of halogens is 1. The van der Waals surface area contributed by atoms with Gasteiger partial charge in [-0.2, -0.15) is 0 Å². The molecule has 1 fully saturated rings. The van der Waals surface area contributed by atoms with Crippen molar-refractivity contribution in [2.24, 2.45) is 0 Å². The van der Waals surface area contributed by atoms with Crippen molar-refractivity contribution in [3.63, 3.8) is 0 Å². The third kappa shape index (κ3) is 3.44. The summed E-state index contributed by atoms with van der Waals surface area (Å²) >= 11 is 6.23. The molecule has 5 heteroatoms. The normalized spacial score (nSPS) is 14.3. The van der Waals surface area contributed by atoms with E-state index in [0.29, 0.717) is 17.7 Å². The average molecular weight is 352 g/mol. The minimum atomic E-state index is 0.00769. The summed E-state index contributed by atoms with van der Waals surface area (Å²) in [6.07, 6.45) is 7.39. The summed E-state index contributed by atoms with van der Waals surface area (Å²) in [5.41, 5.74) is 2.63. The monoisotopic (exact) mass is 351 g/mol. The van der Waals surface area contributed by atoms with Crippen molar-refractivity contribution < 1.29 is 4.79 Å². The summed E-state index contributed by atoms with van der Waals surface area (Å²) < 4.78 is 1.88. The van der Waals surface area contributed by atoms with Crippen molar-refractivity contribution in [3.05, 3.63) is 77.2 Å². The number of hydrogen-bond donors (Lipinski definition) is 0. The van der Waals surface area contributed by atoms with E-state index in [1.54, 1.807) is 12.2 Å². The van der Waals surface area contributed by atoms with E-state index in [9.17, 15) is 4.79 Å². The van der Waals surface area contributed by atoms with Gasteiger partial charge >= 0.3 is 0 Å². The fourth-order valence-corrected chi connectivity index (χ4v) is 3.18. The third-order valence-electron chi connectivity index (χ3n) is 4.37. The molecule has 0 atom stereocenters. The van der Waals surface area contributed by atoms with E-state index in [-0.39, 0.29) is 5.91 Å². The number of aromatic nitrogens is 2. The van der Waals surface area contributed by atoms with E-state index >= 15 is 0 Å². The number of nitrogens with zero attached hydrogens (tertiary/aromatic N) is 3. The van der Waals surface area contributed by atoms with E-state index in [1.165, 1.54) is 0 Å². The molecule has 1 aromatic carbocycles. The Morgan fingerprint density at radius 3 is 2.72 bits per heavy atom. The van der Waals surface area contributed by atoms with Crippen LogP contribution in [0, 0.1) is 0 Å². The van der Waals surface area contributed by atoms with E-state index < -0.39 is 0 Å². The van der Waals surface area contributed by atoms with Gasteiger partial charge in [0, 0.05) is 24.9 Å². The molecule has 0 saturated heterocycles. The van der Waals surface area contributed by atoms with Gasteiger partial charge in [-0.15, -0.1) is 0 Å². The molecule has 1 aliphatic rings. The lowest BCUT2D eigenvalue weighted by molar-refractivity contribution is -0.127. The Bertz CT molecular complexity index is 929. The standard InChI is InChI=1S/C20H18ClN3O/c21-20-17(23-13-5-4-8-18(23)22-20)11-12-19(25)24(16-9-10-16)14-15-6-2-1-3-7-15/h1-8,11-13,16H,9-10,14H2/b12-11+. The lowest BCUT2D eigenvalue weighted by Gasteiger charge is -2.21. The molecule has 1 saturated carbocycles. The van der Waals surface area contributed by atoms with Crippen LogP contribution in [0.1, 0.15) is 24.1 Å². The fraction of sp³-hybridized carbons (Fsp3) is 0.200. The van der Waals surface area contributed by atoms with Crippen molar-refractivity contribution in [2.45, 2.75) is 25.4 Å². The first-order chi connectivity index (χ1) is 12.2. The maximum atomic E-state index is 12.7. The Morgan fingerprint density at radius 2 is 1.96 bits per heavy atom. The lowest BCUT2D eigenvalue weighted by atomic mass is 10.2. The van der Waals surface area contributed by atoms with Gasteiger partial charge in [0.1, 0.15) is 5.65 Å². The number of amides is 1. The van der Waals surface area contributed by atoms with Crippen LogP contribution in [0.3, 0.4) is 0 Å². The summed E-state index contributed by atoms with van der Waals surface area (Å²) in [6, 6.07) is 16.1. The molecule has 25 heavy (non-hydrogen) atoms. The quantitative estimate of drug-likeness (QED) is 0.646. The summed E-state index contributed by atoms with van der Waals surface area (Å²) in [4.78, 5) is 19.0. The highest BCUT2D eigenvalue weighted by molar-refractivity contribution is 6.31. The first kappa shape index (κ1) is 15.9. The summed E-state index contributed by atoms with van der Waals surface area (Å²) in [5, 5.41) is 0.399. The van der Waals surface area contributed by atoms with Gasteiger partial charge in [-0.25, -0.2) is 4.98 Å². The molecule has 0 radical (unpaired) electrons. The number of carbonyl (C=O) groups is 1. The predicted molar refractivity (Wildman–Crippen MR) is 99.3 cm³/mol. The van der Waals surface area contributed by atoms with Crippen LogP contribution in [-0.4, -0.2) is 26.2 Å². The maximum absolute atomic E-state index is 12.7. The number of imidazole rings is 1. The molecular formula is C20H18ClN3O. The molecule has 1 aliphatic carbocycles. The largest absolute Gasteiger partial charge is 0.332 e. The van der Waals surface area contributed by atoms with Crippen LogP contribution in [0.4, 0.5) is 0 Å². The minimum Gasteiger partial charge on any atom is -0.332 e. The van der Waals surface area contributed by atoms with E-state index in [2.05, 4.69) is 4.98 Å². The van der Waals surface area contributed by atoms with Gasteiger partial charge in [0.2, 0.25) is 5.91 Å². The molecule has 2 heterocycles. The van der Waals surface area contributed by atoms with Crippen molar-refractivity contribution in [2.75, 3.05) is 0 Å². The first-order valence-corrected chi connectivity index (χ1v) is 8.75. The van der Waals surface area contributed by atoms with Gasteiger partial charge in [-0.1, -0.05) is 48.0 Å². The van der Waals surface area contributed by atoms with E-state index in [0.717, 1.165) is 29.7 Å². The highest BCUT2D eigenvalue weighted by atomic mass is 35.5. The Balaban J connectivity index is 1.56.